The highest BCUT2D eigenvalue weighted by molar-refractivity contribution is 5.35. The van der Waals surface area contributed by atoms with E-state index in [1.165, 1.54) is 0 Å². The van der Waals surface area contributed by atoms with Crippen molar-refractivity contribution in [2.45, 2.75) is 18.4 Å². The summed E-state index contributed by atoms with van der Waals surface area (Å²) in [6.07, 6.45) is 3.85. The zero-order chi connectivity index (χ0) is 9.31. The number of rotatable bonds is 3. The first-order valence-corrected chi connectivity index (χ1v) is 4.37. The van der Waals surface area contributed by atoms with Crippen LogP contribution in [0.1, 0.15) is 18.5 Å². The predicted molar refractivity (Wildman–Crippen MR) is 48.7 cm³/mol. The quantitative estimate of drug-likeness (QED) is 0.708. The molecule has 13 heavy (non-hydrogen) atoms. The van der Waals surface area contributed by atoms with E-state index in [0.29, 0.717) is 0 Å². The van der Waals surface area contributed by atoms with Crippen LogP contribution in [0.15, 0.2) is 18.3 Å². The molecule has 1 aliphatic carbocycles. The van der Waals surface area contributed by atoms with Gasteiger partial charge in [-0.25, -0.2) is 0 Å². The average Bonchev–Trinajstić information content (AvgIpc) is 2.98. The van der Waals surface area contributed by atoms with E-state index in [1.54, 1.807) is 20.4 Å². The van der Waals surface area contributed by atoms with Crippen molar-refractivity contribution in [3.05, 3.63) is 24.0 Å². The third-order valence-corrected chi connectivity index (χ3v) is 2.52. The molecule has 0 spiro atoms. The Morgan fingerprint density at radius 3 is 2.69 bits per heavy atom. The lowest BCUT2D eigenvalue weighted by Gasteiger charge is -2.15. The van der Waals surface area contributed by atoms with Gasteiger partial charge in [-0.3, -0.25) is 4.98 Å². The van der Waals surface area contributed by atoms with Crippen molar-refractivity contribution >= 4 is 0 Å². The van der Waals surface area contributed by atoms with E-state index >= 15 is 0 Å². The molecular weight excluding hydrogens is 166 g/mol. The molecule has 1 aromatic heterocycles. The molecule has 70 valence electrons. The molecule has 0 N–H and O–H groups in total. The van der Waals surface area contributed by atoms with Gasteiger partial charge >= 0.3 is 0 Å². The molecule has 1 aliphatic rings. The van der Waals surface area contributed by atoms with Crippen molar-refractivity contribution in [1.29, 1.82) is 0 Å². The first kappa shape index (κ1) is 8.51. The molecule has 1 saturated carbocycles. The fourth-order valence-electron chi connectivity index (χ4n) is 1.55. The van der Waals surface area contributed by atoms with Crippen molar-refractivity contribution < 1.29 is 9.47 Å². The minimum Gasteiger partial charge on any atom is -0.495 e. The van der Waals surface area contributed by atoms with Crippen molar-refractivity contribution in [3.8, 4) is 5.75 Å². The summed E-state index contributed by atoms with van der Waals surface area (Å²) >= 11 is 0. The standard InChI is InChI=1S/C10H13NO2/c1-12-8-4-3-7-11-9(8)10(13-2)5-6-10/h3-4,7H,5-6H2,1-2H3. The minimum absolute atomic E-state index is 0.160. The first-order valence-electron chi connectivity index (χ1n) is 4.37. The smallest absolute Gasteiger partial charge is 0.143 e. The second-order valence-electron chi connectivity index (χ2n) is 3.25. The lowest BCUT2D eigenvalue weighted by molar-refractivity contribution is 0.0726. The summed E-state index contributed by atoms with van der Waals surface area (Å²) < 4.78 is 10.7. The van der Waals surface area contributed by atoms with Gasteiger partial charge in [0.2, 0.25) is 0 Å². The highest BCUT2D eigenvalue weighted by Gasteiger charge is 2.48. The summed E-state index contributed by atoms with van der Waals surface area (Å²) in [4.78, 5) is 4.30. The number of pyridine rings is 1. The fraction of sp³-hybridized carbons (Fsp3) is 0.500. The molecule has 3 heteroatoms. The van der Waals surface area contributed by atoms with Gasteiger partial charge in [0.25, 0.3) is 0 Å². The largest absolute Gasteiger partial charge is 0.495 e. The topological polar surface area (TPSA) is 31.4 Å². The Hall–Kier alpha value is -1.09. The van der Waals surface area contributed by atoms with Gasteiger partial charge in [0.1, 0.15) is 17.0 Å². The van der Waals surface area contributed by atoms with Crippen LogP contribution in [0.5, 0.6) is 5.75 Å². The van der Waals surface area contributed by atoms with Gasteiger partial charge in [-0.2, -0.15) is 0 Å². The van der Waals surface area contributed by atoms with Crippen molar-refractivity contribution in [2.24, 2.45) is 0 Å². The van der Waals surface area contributed by atoms with E-state index in [9.17, 15) is 0 Å². The van der Waals surface area contributed by atoms with E-state index in [0.717, 1.165) is 24.3 Å². The number of methoxy groups -OCH3 is 2. The van der Waals surface area contributed by atoms with Crippen LogP contribution < -0.4 is 4.74 Å². The maximum atomic E-state index is 5.43. The van der Waals surface area contributed by atoms with Crippen LogP contribution in [0.3, 0.4) is 0 Å². The Balaban J connectivity index is 2.39. The van der Waals surface area contributed by atoms with E-state index in [-0.39, 0.29) is 5.60 Å². The van der Waals surface area contributed by atoms with Gasteiger partial charge in [-0.05, 0) is 25.0 Å². The first-order chi connectivity index (χ1) is 6.32. The van der Waals surface area contributed by atoms with Crippen LogP contribution in [-0.2, 0) is 10.3 Å². The minimum atomic E-state index is -0.160. The van der Waals surface area contributed by atoms with E-state index in [4.69, 9.17) is 9.47 Å². The van der Waals surface area contributed by atoms with Crippen LogP contribution in [-0.4, -0.2) is 19.2 Å². The van der Waals surface area contributed by atoms with Crippen molar-refractivity contribution in [2.75, 3.05) is 14.2 Å². The molecule has 2 rings (SSSR count). The monoisotopic (exact) mass is 179 g/mol. The number of nitrogens with zero attached hydrogens (tertiary/aromatic N) is 1. The maximum Gasteiger partial charge on any atom is 0.143 e. The lowest BCUT2D eigenvalue weighted by Crippen LogP contribution is -2.12. The molecule has 0 aliphatic heterocycles. The highest BCUT2D eigenvalue weighted by Crippen LogP contribution is 2.50. The Morgan fingerprint density at radius 2 is 2.15 bits per heavy atom. The molecule has 1 fully saturated rings. The van der Waals surface area contributed by atoms with Gasteiger partial charge in [0.15, 0.2) is 0 Å². The lowest BCUT2D eigenvalue weighted by atomic mass is 10.2. The molecule has 1 heterocycles. The Morgan fingerprint density at radius 1 is 1.38 bits per heavy atom. The van der Waals surface area contributed by atoms with E-state index in [2.05, 4.69) is 4.98 Å². The van der Waals surface area contributed by atoms with Gasteiger partial charge in [-0.1, -0.05) is 0 Å². The summed E-state index contributed by atoms with van der Waals surface area (Å²) in [5.74, 6) is 0.821. The molecular formula is C10H13NO2. The molecule has 0 saturated heterocycles. The molecule has 0 radical (unpaired) electrons. The molecule has 1 aromatic rings. The van der Waals surface area contributed by atoms with Gasteiger partial charge in [-0.15, -0.1) is 0 Å². The van der Waals surface area contributed by atoms with E-state index < -0.39 is 0 Å². The van der Waals surface area contributed by atoms with Crippen molar-refractivity contribution in [1.82, 2.24) is 4.98 Å². The van der Waals surface area contributed by atoms with Crippen molar-refractivity contribution in [3.63, 3.8) is 0 Å². The van der Waals surface area contributed by atoms with Gasteiger partial charge in [0, 0.05) is 13.3 Å². The number of ether oxygens (including phenoxy) is 2. The Labute approximate surface area is 77.7 Å². The number of hydrogen-bond acceptors (Lipinski definition) is 3. The fourth-order valence-corrected chi connectivity index (χ4v) is 1.55. The van der Waals surface area contributed by atoms with Crippen LogP contribution in [0.25, 0.3) is 0 Å². The second-order valence-corrected chi connectivity index (χ2v) is 3.25. The molecule has 0 aromatic carbocycles. The van der Waals surface area contributed by atoms with E-state index in [1.807, 2.05) is 12.1 Å². The molecule has 0 amide bonds. The van der Waals surface area contributed by atoms with Gasteiger partial charge < -0.3 is 9.47 Å². The normalized spacial score (nSPS) is 18.3. The third-order valence-electron chi connectivity index (χ3n) is 2.52. The molecule has 0 atom stereocenters. The zero-order valence-corrected chi connectivity index (χ0v) is 7.91. The SMILES string of the molecule is COc1cccnc1C1(OC)CC1. The van der Waals surface area contributed by atoms with Gasteiger partial charge in [0.05, 0.1) is 7.11 Å². The average molecular weight is 179 g/mol. The van der Waals surface area contributed by atoms with Crippen LogP contribution >= 0.6 is 0 Å². The zero-order valence-electron chi connectivity index (χ0n) is 7.91. The van der Waals surface area contributed by atoms with Crippen LogP contribution in [0, 0.1) is 0 Å². The summed E-state index contributed by atoms with van der Waals surface area (Å²) in [5.41, 5.74) is 0.770. The predicted octanol–water partition coefficient (Wildman–Crippen LogP) is 1.73. The number of aromatic nitrogens is 1. The van der Waals surface area contributed by atoms with Crippen LogP contribution in [0.4, 0.5) is 0 Å². The maximum absolute atomic E-state index is 5.43. The molecule has 0 unspecified atom stereocenters. The summed E-state index contributed by atoms with van der Waals surface area (Å²) in [6.45, 7) is 0. The second kappa shape index (κ2) is 3.00. The summed E-state index contributed by atoms with van der Waals surface area (Å²) in [7, 11) is 3.38. The highest BCUT2D eigenvalue weighted by atomic mass is 16.5. The third kappa shape index (κ3) is 1.29. The molecule has 3 nitrogen and oxygen atoms in total. The van der Waals surface area contributed by atoms with Crippen LogP contribution in [0.2, 0.25) is 0 Å². The Kier molecular flexibility index (Phi) is 1.96. The number of hydrogen-bond donors (Lipinski definition) is 0. The summed E-state index contributed by atoms with van der Waals surface area (Å²) in [6, 6.07) is 3.79. The summed E-state index contributed by atoms with van der Waals surface area (Å²) in [5, 5.41) is 0. The Bertz CT molecular complexity index is 308. The molecule has 0 bridgehead atoms.